The second-order valence-electron chi connectivity index (χ2n) is 9.85. The molecule has 1 saturated heterocycles. The minimum Gasteiger partial charge on any atom is -0.353 e. The van der Waals surface area contributed by atoms with Gasteiger partial charge in [-0.15, -0.1) is 11.3 Å². The van der Waals surface area contributed by atoms with Gasteiger partial charge in [-0.25, -0.2) is 15.0 Å². The number of aromatic nitrogens is 3. The number of aliphatic imine (C=N–C) groups is 1. The Hall–Kier alpha value is -3.85. The summed E-state index contributed by atoms with van der Waals surface area (Å²) in [5, 5.41) is 4.63. The molecule has 1 aliphatic carbocycles. The zero-order valence-corrected chi connectivity index (χ0v) is 21.2. The molecule has 4 aromatic rings. The van der Waals surface area contributed by atoms with Gasteiger partial charge in [-0.2, -0.15) is 0 Å². The summed E-state index contributed by atoms with van der Waals surface area (Å²) < 4.78 is 0. The van der Waals surface area contributed by atoms with Gasteiger partial charge < -0.3 is 15.1 Å². The Balaban J connectivity index is 1.07. The number of piperazine rings is 1. The summed E-state index contributed by atoms with van der Waals surface area (Å²) in [5.41, 5.74) is 4.71. The minimum atomic E-state index is 0.0299. The van der Waals surface area contributed by atoms with Gasteiger partial charge in [-0.05, 0) is 60.2 Å². The summed E-state index contributed by atoms with van der Waals surface area (Å²) in [4.78, 5) is 38.0. The van der Waals surface area contributed by atoms with Crippen molar-refractivity contribution in [2.45, 2.75) is 25.8 Å². The molecule has 3 aromatic heterocycles. The smallest absolute Gasteiger partial charge is 0.226 e. The van der Waals surface area contributed by atoms with E-state index in [2.05, 4.69) is 48.4 Å². The van der Waals surface area contributed by atoms with Crippen LogP contribution in [0.1, 0.15) is 28.0 Å². The maximum atomic E-state index is 13.5. The van der Waals surface area contributed by atoms with E-state index in [0.717, 1.165) is 85.1 Å². The first-order valence-corrected chi connectivity index (χ1v) is 13.6. The molecular formula is C28H27N7OS. The highest BCUT2D eigenvalue weighted by atomic mass is 32.1. The topological polar surface area (TPSA) is 86.6 Å². The lowest BCUT2D eigenvalue weighted by Crippen LogP contribution is -2.51. The molecule has 0 radical (unpaired) electrons. The lowest BCUT2D eigenvalue weighted by Gasteiger charge is -2.37. The number of aryl methyl sites for hydroxylation is 1. The molecular weight excluding hydrogens is 482 g/mol. The summed E-state index contributed by atoms with van der Waals surface area (Å²) in [7, 11) is 0. The third-order valence-electron chi connectivity index (χ3n) is 7.66. The number of amides is 1. The van der Waals surface area contributed by atoms with E-state index in [0.29, 0.717) is 0 Å². The molecule has 0 spiro atoms. The van der Waals surface area contributed by atoms with Crippen molar-refractivity contribution in [3.8, 4) is 0 Å². The number of nitrogens with zero attached hydrogens (tertiary/aromatic N) is 6. The van der Waals surface area contributed by atoms with Gasteiger partial charge in [0.05, 0.1) is 11.9 Å². The maximum Gasteiger partial charge on any atom is 0.226 e. The van der Waals surface area contributed by atoms with Crippen LogP contribution >= 0.6 is 11.3 Å². The molecule has 1 fully saturated rings. The molecule has 3 aliphatic rings. The van der Waals surface area contributed by atoms with Crippen molar-refractivity contribution in [2.24, 2.45) is 10.9 Å². The van der Waals surface area contributed by atoms with Crippen molar-refractivity contribution in [1.29, 1.82) is 0 Å². The fourth-order valence-corrected chi connectivity index (χ4v) is 6.95. The molecule has 2 aliphatic heterocycles. The molecule has 1 aromatic carbocycles. The highest BCUT2D eigenvalue weighted by Crippen LogP contribution is 2.41. The predicted octanol–water partition coefficient (Wildman–Crippen LogP) is 4.22. The zero-order valence-electron chi connectivity index (χ0n) is 20.4. The Kier molecular flexibility index (Phi) is 5.57. The Labute approximate surface area is 219 Å². The molecule has 37 heavy (non-hydrogen) atoms. The molecule has 1 atom stereocenters. The number of pyridine rings is 1. The minimum absolute atomic E-state index is 0.0299. The van der Waals surface area contributed by atoms with Crippen molar-refractivity contribution in [2.75, 3.05) is 36.4 Å². The maximum absolute atomic E-state index is 13.5. The average molecular weight is 510 g/mol. The van der Waals surface area contributed by atoms with Gasteiger partial charge in [0.1, 0.15) is 22.8 Å². The highest BCUT2D eigenvalue weighted by molar-refractivity contribution is 7.19. The number of hydrogen-bond acceptors (Lipinski definition) is 8. The standard InChI is InChI=1S/C28H27N7OS/c36-28(35-11-9-34(10-12-35)24-3-1-2-8-30-24)18-5-7-22-23(14-18)37-27-25(22)26(31-17-32-27)33-21-6-4-19-15-29-16-20(19)13-21/h1-4,6,8,13,16-18H,5,7,9-12,14-15H2,(H,31,32,33). The molecule has 186 valence electrons. The van der Waals surface area contributed by atoms with Gasteiger partial charge in [0.2, 0.25) is 5.91 Å². The second kappa shape index (κ2) is 9.23. The van der Waals surface area contributed by atoms with Gasteiger partial charge in [-0.3, -0.25) is 9.79 Å². The number of benzene rings is 1. The second-order valence-corrected chi connectivity index (χ2v) is 10.9. The van der Waals surface area contributed by atoms with Crippen molar-refractivity contribution < 1.29 is 4.79 Å². The van der Waals surface area contributed by atoms with Gasteiger partial charge >= 0.3 is 0 Å². The van der Waals surface area contributed by atoms with Crippen LogP contribution in [0.5, 0.6) is 0 Å². The molecule has 1 unspecified atom stereocenters. The summed E-state index contributed by atoms with van der Waals surface area (Å²) in [6.07, 6.45) is 7.90. The molecule has 7 rings (SSSR count). The van der Waals surface area contributed by atoms with Crippen LogP contribution in [0.2, 0.25) is 0 Å². The van der Waals surface area contributed by atoms with Crippen molar-refractivity contribution in [1.82, 2.24) is 19.9 Å². The highest BCUT2D eigenvalue weighted by Gasteiger charge is 2.33. The fourth-order valence-electron chi connectivity index (χ4n) is 5.69. The molecule has 1 N–H and O–H groups in total. The van der Waals surface area contributed by atoms with Crippen LogP contribution in [0, 0.1) is 5.92 Å². The van der Waals surface area contributed by atoms with Crippen LogP contribution in [0.25, 0.3) is 10.2 Å². The summed E-state index contributed by atoms with van der Waals surface area (Å²) in [5.74, 6) is 2.14. The van der Waals surface area contributed by atoms with E-state index in [1.165, 1.54) is 16.0 Å². The Morgan fingerprint density at radius 2 is 1.97 bits per heavy atom. The van der Waals surface area contributed by atoms with E-state index in [4.69, 9.17) is 0 Å². The number of rotatable bonds is 4. The van der Waals surface area contributed by atoms with E-state index in [-0.39, 0.29) is 11.8 Å². The number of hydrogen-bond donors (Lipinski definition) is 1. The quantitative estimate of drug-likeness (QED) is 0.443. The molecule has 1 amide bonds. The molecule has 0 saturated carbocycles. The molecule has 8 nitrogen and oxygen atoms in total. The molecule has 0 bridgehead atoms. The first-order valence-electron chi connectivity index (χ1n) is 12.8. The van der Waals surface area contributed by atoms with Crippen molar-refractivity contribution in [3.05, 3.63) is 70.5 Å². The van der Waals surface area contributed by atoms with E-state index in [9.17, 15) is 4.79 Å². The van der Waals surface area contributed by atoms with Crippen LogP contribution in [0.15, 0.2) is 53.9 Å². The van der Waals surface area contributed by atoms with Crippen LogP contribution in [0.4, 0.5) is 17.3 Å². The third kappa shape index (κ3) is 4.13. The van der Waals surface area contributed by atoms with Crippen LogP contribution in [-0.2, 0) is 24.2 Å². The number of nitrogens with one attached hydrogen (secondary N) is 1. The lowest BCUT2D eigenvalue weighted by molar-refractivity contribution is -0.136. The lowest BCUT2D eigenvalue weighted by atomic mass is 9.86. The molecule has 5 heterocycles. The van der Waals surface area contributed by atoms with Crippen molar-refractivity contribution >= 4 is 51.0 Å². The number of anilines is 3. The van der Waals surface area contributed by atoms with E-state index in [1.807, 2.05) is 35.5 Å². The van der Waals surface area contributed by atoms with Crippen LogP contribution in [0.3, 0.4) is 0 Å². The number of carbonyl (C=O) groups is 1. The van der Waals surface area contributed by atoms with Crippen LogP contribution in [-0.4, -0.2) is 58.2 Å². The predicted molar refractivity (Wildman–Crippen MR) is 147 cm³/mol. The average Bonchev–Trinajstić information content (AvgIpc) is 3.57. The number of carbonyl (C=O) groups excluding carboxylic acids is 1. The largest absolute Gasteiger partial charge is 0.353 e. The monoisotopic (exact) mass is 509 g/mol. The fraction of sp³-hybridized carbons (Fsp3) is 0.321. The van der Waals surface area contributed by atoms with Gasteiger partial charge in [-0.1, -0.05) is 12.1 Å². The Morgan fingerprint density at radius 3 is 2.84 bits per heavy atom. The van der Waals surface area contributed by atoms with E-state index < -0.39 is 0 Å². The normalized spacial score (nSPS) is 18.6. The van der Waals surface area contributed by atoms with Crippen LogP contribution < -0.4 is 10.2 Å². The summed E-state index contributed by atoms with van der Waals surface area (Å²) in [6.45, 7) is 3.89. The Morgan fingerprint density at radius 1 is 1.05 bits per heavy atom. The third-order valence-corrected chi connectivity index (χ3v) is 8.82. The van der Waals surface area contributed by atoms with Gasteiger partial charge in [0, 0.05) is 55.1 Å². The summed E-state index contributed by atoms with van der Waals surface area (Å²) >= 11 is 1.71. The van der Waals surface area contributed by atoms with Crippen molar-refractivity contribution in [3.63, 3.8) is 0 Å². The Bertz CT molecular complexity index is 1510. The SMILES string of the molecule is O=C(C1CCc2c(sc3ncnc(Nc4ccc5c(c4)C=NC5)c23)C1)N1CCN(c2ccccn2)CC1. The molecule has 9 heteroatoms. The van der Waals surface area contributed by atoms with Gasteiger partial charge in [0.25, 0.3) is 0 Å². The van der Waals surface area contributed by atoms with E-state index in [1.54, 1.807) is 17.7 Å². The van der Waals surface area contributed by atoms with E-state index >= 15 is 0 Å². The van der Waals surface area contributed by atoms with Gasteiger partial charge in [0.15, 0.2) is 0 Å². The number of thiophene rings is 1. The number of fused-ring (bicyclic) bond motifs is 4. The first kappa shape index (κ1) is 22.4. The summed E-state index contributed by atoms with van der Waals surface area (Å²) in [6, 6.07) is 12.3. The first-order chi connectivity index (χ1) is 18.2. The zero-order chi connectivity index (χ0) is 24.8.